The zero-order chi connectivity index (χ0) is 23.5. The Balaban J connectivity index is 1.64. The average Bonchev–Trinajstić information content (AvgIpc) is 3.28. The van der Waals surface area contributed by atoms with E-state index in [9.17, 15) is 19.8 Å². The van der Waals surface area contributed by atoms with Crippen LogP contribution in [0.4, 0.5) is 0 Å². The number of phenols is 1. The van der Waals surface area contributed by atoms with Crippen LogP contribution in [0.5, 0.6) is 17.2 Å². The van der Waals surface area contributed by atoms with Crippen molar-refractivity contribution in [3.8, 4) is 17.2 Å². The van der Waals surface area contributed by atoms with Gasteiger partial charge in [-0.15, -0.1) is 0 Å². The number of fused-ring (bicyclic) bond motifs is 1. The Morgan fingerprint density at radius 3 is 2.79 bits per heavy atom. The van der Waals surface area contributed by atoms with E-state index in [0.29, 0.717) is 17.9 Å². The number of carbonyl (C=O) groups excluding carboxylic acids is 1. The Hall–Kier alpha value is -4.20. The number of nitrogens with one attached hydrogen (secondary N) is 2. The summed E-state index contributed by atoms with van der Waals surface area (Å²) in [6.45, 7) is 1.90. The molecule has 0 saturated carbocycles. The quantitative estimate of drug-likeness (QED) is 0.342. The molecule has 0 aliphatic heterocycles. The Bertz CT molecular complexity index is 1370. The van der Waals surface area contributed by atoms with Crippen molar-refractivity contribution in [2.45, 2.75) is 25.8 Å². The molecular weight excluding hydrogens is 424 g/mol. The highest BCUT2D eigenvalue weighted by Crippen LogP contribution is 2.37. The SMILES string of the molecule is COc1cc(C(CC(=O)NCc2cccc3[nH]ccc23)c2oc(C)cc(=O)c2O)ccc1O. The molecule has 4 aromatic rings. The van der Waals surface area contributed by atoms with Gasteiger partial charge in [-0.3, -0.25) is 9.59 Å². The predicted octanol–water partition coefficient (Wildman–Crippen LogP) is 3.69. The molecule has 33 heavy (non-hydrogen) atoms. The van der Waals surface area contributed by atoms with Crippen LogP contribution in [0, 0.1) is 6.92 Å². The van der Waals surface area contributed by atoms with E-state index in [1.807, 2.05) is 30.5 Å². The molecular formula is C25H24N2O6. The topological polar surface area (TPSA) is 125 Å². The van der Waals surface area contributed by atoms with Crippen molar-refractivity contribution < 1.29 is 24.2 Å². The van der Waals surface area contributed by atoms with E-state index in [4.69, 9.17) is 9.15 Å². The van der Waals surface area contributed by atoms with Gasteiger partial charge in [-0.2, -0.15) is 0 Å². The molecule has 2 aromatic heterocycles. The van der Waals surface area contributed by atoms with Crippen LogP contribution < -0.4 is 15.5 Å². The third-order valence-electron chi connectivity index (χ3n) is 5.55. The summed E-state index contributed by atoms with van der Waals surface area (Å²) in [6.07, 6.45) is 1.74. The Kier molecular flexibility index (Phi) is 6.08. The van der Waals surface area contributed by atoms with E-state index in [1.165, 1.54) is 19.2 Å². The lowest BCUT2D eigenvalue weighted by Gasteiger charge is -2.19. The van der Waals surface area contributed by atoms with Gasteiger partial charge in [0.05, 0.1) is 13.0 Å². The van der Waals surface area contributed by atoms with E-state index >= 15 is 0 Å². The number of benzene rings is 2. The number of ether oxygens (including phenoxy) is 1. The Labute approximate surface area is 189 Å². The van der Waals surface area contributed by atoms with Gasteiger partial charge < -0.3 is 29.7 Å². The number of aromatic nitrogens is 1. The molecule has 0 aliphatic carbocycles. The van der Waals surface area contributed by atoms with Gasteiger partial charge >= 0.3 is 0 Å². The van der Waals surface area contributed by atoms with Crippen LogP contribution in [0.15, 0.2) is 63.9 Å². The standard InChI is InChI=1S/C25H24N2O6/c1-14-10-21(29)24(31)25(33-14)18(15-6-7-20(28)22(11-15)32-2)12-23(30)27-13-16-4-3-5-19-17(16)8-9-26-19/h3-11,18,26,28,31H,12-13H2,1-2H3,(H,27,30). The predicted molar refractivity (Wildman–Crippen MR) is 123 cm³/mol. The molecule has 0 saturated heterocycles. The van der Waals surface area contributed by atoms with Gasteiger partial charge in [0, 0.05) is 36.1 Å². The van der Waals surface area contributed by atoms with Gasteiger partial charge in [0.15, 0.2) is 17.3 Å². The second-order valence-electron chi connectivity index (χ2n) is 7.75. The number of aryl methyl sites for hydroxylation is 1. The third kappa shape index (κ3) is 4.55. The first-order chi connectivity index (χ1) is 15.9. The first-order valence-corrected chi connectivity index (χ1v) is 10.4. The van der Waals surface area contributed by atoms with Gasteiger partial charge in [-0.05, 0) is 42.3 Å². The third-order valence-corrected chi connectivity index (χ3v) is 5.55. The summed E-state index contributed by atoms with van der Waals surface area (Å²) >= 11 is 0. The monoisotopic (exact) mass is 448 g/mol. The molecule has 0 aliphatic rings. The van der Waals surface area contributed by atoms with E-state index in [1.54, 1.807) is 19.1 Å². The fraction of sp³-hybridized carbons (Fsp3) is 0.200. The molecule has 0 spiro atoms. The molecule has 4 N–H and O–H groups in total. The number of hydrogen-bond acceptors (Lipinski definition) is 6. The highest BCUT2D eigenvalue weighted by Gasteiger charge is 2.26. The maximum atomic E-state index is 12.9. The summed E-state index contributed by atoms with van der Waals surface area (Å²) < 4.78 is 10.9. The van der Waals surface area contributed by atoms with Crippen molar-refractivity contribution in [2.75, 3.05) is 7.11 Å². The van der Waals surface area contributed by atoms with Gasteiger partial charge in [0.25, 0.3) is 0 Å². The van der Waals surface area contributed by atoms with Crippen LogP contribution in [0.1, 0.15) is 35.0 Å². The summed E-state index contributed by atoms with van der Waals surface area (Å²) in [5, 5.41) is 24.3. The molecule has 1 amide bonds. The number of phenolic OH excluding ortho intramolecular Hbond substituents is 1. The maximum Gasteiger partial charge on any atom is 0.227 e. The lowest BCUT2D eigenvalue weighted by molar-refractivity contribution is -0.121. The lowest BCUT2D eigenvalue weighted by Crippen LogP contribution is -2.25. The number of aromatic hydroxyl groups is 2. The minimum absolute atomic E-state index is 0.0179. The van der Waals surface area contributed by atoms with Crippen molar-refractivity contribution in [1.82, 2.24) is 10.3 Å². The average molecular weight is 448 g/mol. The Morgan fingerprint density at radius 2 is 2.00 bits per heavy atom. The summed E-state index contributed by atoms with van der Waals surface area (Å²) in [5.41, 5.74) is 1.87. The van der Waals surface area contributed by atoms with Crippen molar-refractivity contribution in [3.05, 3.63) is 87.6 Å². The number of amides is 1. The van der Waals surface area contributed by atoms with E-state index < -0.39 is 17.1 Å². The summed E-state index contributed by atoms with van der Waals surface area (Å²) in [5.74, 6) is -1.22. The molecule has 8 heteroatoms. The fourth-order valence-electron chi connectivity index (χ4n) is 3.89. The highest BCUT2D eigenvalue weighted by atomic mass is 16.5. The van der Waals surface area contributed by atoms with Crippen molar-refractivity contribution in [2.24, 2.45) is 0 Å². The number of H-pyrrole nitrogens is 1. The first kappa shape index (κ1) is 22.0. The summed E-state index contributed by atoms with van der Waals surface area (Å²) in [7, 11) is 1.41. The second kappa shape index (κ2) is 9.12. The summed E-state index contributed by atoms with van der Waals surface area (Å²) in [4.78, 5) is 28.3. The van der Waals surface area contributed by atoms with Crippen LogP contribution in [0.3, 0.4) is 0 Å². The minimum Gasteiger partial charge on any atom is -0.504 e. The minimum atomic E-state index is -0.782. The molecule has 2 heterocycles. The number of hydrogen-bond donors (Lipinski definition) is 4. The lowest BCUT2D eigenvalue weighted by atomic mass is 9.91. The highest BCUT2D eigenvalue weighted by molar-refractivity contribution is 5.84. The molecule has 8 nitrogen and oxygen atoms in total. The molecule has 0 bridgehead atoms. The van der Waals surface area contributed by atoms with Crippen molar-refractivity contribution in [3.63, 3.8) is 0 Å². The molecule has 2 aromatic carbocycles. The number of methoxy groups -OCH3 is 1. The number of aromatic amines is 1. The molecule has 1 atom stereocenters. The van der Waals surface area contributed by atoms with Gasteiger partial charge in [-0.1, -0.05) is 18.2 Å². The van der Waals surface area contributed by atoms with Crippen LogP contribution >= 0.6 is 0 Å². The van der Waals surface area contributed by atoms with Gasteiger partial charge in [-0.25, -0.2) is 0 Å². The molecule has 1 unspecified atom stereocenters. The largest absolute Gasteiger partial charge is 0.504 e. The van der Waals surface area contributed by atoms with E-state index in [0.717, 1.165) is 16.5 Å². The first-order valence-electron chi connectivity index (χ1n) is 10.4. The number of carbonyl (C=O) groups is 1. The van der Waals surface area contributed by atoms with Gasteiger partial charge in [0.2, 0.25) is 17.1 Å². The van der Waals surface area contributed by atoms with Crippen LogP contribution in [0.2, 0.25) is 0 Å². The number of rotatable bonds is 7. The molecule has 0 radical (unpaired) electrons. The molecule has 170 valence electrons. The fourth-order valence-corrected chi connectivity index (χ4v) is 3.89. The van der Waals surface area contributed by atoms with Crippen LogP contribution in [-0.4, -0.2) is 28.2 Å². The maximum absolute atomic E-state index is 12.9. The second-order valence-corrected chi connectivity index (χ2v) is 7.75. The van der Waals surface area contributed by atoms with Crippen molar-refractivity contribution in [1.29, 1.82) is 0 Å². The van der Waals surface area contributed by atoms with Crippen LogP contribution in [-0.2, 0) is 11.3 Å². The Morgan fingerprint density at radius 1 is 1.18 bits per heavy atom. The smallest absolute Gasteiger partial charge is 0.227 e. The van der Waals surface area contributed by atoms with E-state index in [-0.39, 0.29) is 29.6 Å². The van der Waals surface area contributed by atoms with E-state index in [2.05, 4.69) is 10.3 Å². The van der Waals surface area contributed by atoms with Gasteiger partial charge in [0.1, 0.15) is 5.76 Å². The molecule has 0 fully saturated rings. The normalized spacial score (nSPS) is 11.9. The molecule has 4 rings (SSSR count). The summed E-state index contributed by atoms with van der Waals surface area (Å²) in [6, 6.07) is 13.5. The zero-order valence-corrected chi connectivity index (χ0v) is 18.2. The zero-order valence-electron chi connectivity index (χ0n) is 18.2. The van der Waals surface area contributed by atoms with Crippen molar-refractivity contribution >= 4 is 16.8 Å². The van der Waals surface area contributed by atoms with Crippen LogP contribution in [0.25, 0.3) is 10.9 Å².